The van der Waals surface area contributed by atoms with Crippen LogP contribution < -0.4 is 0 Å². The number of carbonyl (C=O) groups excluding carboxylic acids is 1. The van der Waals surface area contributed by atoms with Crippen LogP contribution in [-0.4, -0.2) is 27.6 Å². The Morgan fingerprint density at radius 1 is 1.15 bits per heavy atom. The molecule has 0 aliphatic heterocycles. The van der Waals surface area contributed by atoms with Crippen LogP contribution in [0.2, 0.25) is 0 Å². The van der Waals surface area contributed by atoms with E-state index in [9.17, 15) is 14.7 Å². The summed E-state index contributed by atoms with van der Waals surface area (Å²) in [6.07, 6.45) is 16.3. The lowest BCUT2D eigenvalue weighted by Crippen LogP contribution is -2.59. The van der Waals surface area contributed by atoms with Crippen LogP contribution in [0, 0.1) is 28.6 Å². The van der Waals surface area contributed by atoms with Crippen molar-refractivity contribution < 1.29 is 19.8 Å². The number of hydrogen-bond donors (Lipinski definition) is 2. The van der Waals surface area contributed by atoms with E-state index in [1.807, 2.05) is 19.9 Å². The second-order valence-electron chi connectivity index (χ2n) is 12.2. The van der Waals surface area contributed by atoms with Crippen molar-refractivity contribution in [3.8, 4) is 0 Å². The van der Waals surface area contributed by atoms with Gasteiger partial charge < -0.3 is 10.2 Å². The third-order valence-electron chi connectivity index (χ3n) is 9.12. The monoisotopic (exact) mass is 472 g/mol. The van der Waals surface area contributed by atoms with E-state index in [1.54, 1.807) is 19.1 Å². The first-order valence-corrected chi connectivity index (χ1v) is 13.2. The average molecular weight is 473 g/mol. The average Bonchev–Trinajstić information content (AvgIpc) is 2.72. The minimum Gasteiger partial charge on any atom is -0.478 e. The van der Waals surface area contributed by atoms with Crippen LogP contribution in [-0.2, 0) is 9.59 Å². The number of carboxylic acid groups (broad SMARTS) is 1. The normalized spacial score (nSPS) is 33.1. The van der Waals surface area contributed by atoms with Gasteiger partial charge in [-0.3, -0.25) is 4.79 Å². The Hall–Kier alpha value is -1.68. The summed E-state index contributed by atoms with van der Waals surface area (Å²) in [5, 5.41) is 20.2. The molecule has 4 heteroatoms. The van der Waals surface area contributed by atoms with Crippen LogP contribution in [0.5, 0.6) is 0 Å². The molecule has 2 fully saturated rings. The summed E-state index contributed by atoms with van der Waals surface area (Å²) < 4.78 is 0. The fourth-order valence-corrected chi connectivity index (χ4v) is 6.86. The van der Waals surface area contributed by atoms with Gasteiger partial charge in [0.25, 0.3) is 0 Å². The predicted molar refractivity (Wildman–Crippen MR) is 140 cm³/mol. The van der Waals surface area contributed by atoms with Crippen molar-refractivity contribution in [1.29, 1.82) is 0 Å². The van der Waals surface area contributed by atoms with E-state index < -0.39 is 11.6 Å². The zero-order chi connectivity index (χ0) is 25.7. The number of carbonyl (C=O) groups is 2. The standard InChI is InChI=1S/C30H48O4/c1-21(13-9-15-23(3)27(32)33)11-8-12-22(2)14-10-16-25-29(6)19-18-26(31)28(4,5)24(29)17-20-30(25,7)34/h9,11,13,15,22,24-25,34H,8,10,12,14,16-20H2,1-7H3,(H,32,33). The van der Waals surface area contributed by atoms with Crippen LogP contribution in [0.4, 0.5) is 0 Å². The minimum absolute atomic E-state index is 0.0298. The molecule has 5 unspecified atom stereocenters. The van der Waals surface area contributed by atoms with Crippen LogP contribution in [0.15, 0.2) is 35.5 Å². The molecule has 0 bridgehead atoms. The molecule has 0 spiro atoms. The predicted octanol–water partition coefficient (Wildman–Crippen LogP) is 7.28. The smallest absolute Gasteiger partial charge is 0.331 e. The first-order valence-electron chi connectivity index (χ1n) is 13.2. The molecule has 192 valence electrons. The zero-order valence-electron chi connectivity index (χ0n) is 22.6. The molecule has 0 heterocycles. The van der Waals surface area contributed by atoms with Gasteiger partial charge in [-0.2, -0.15) is 0 Å². The maximum Gasteiger partial charge on any atom is 0.331 e. The number of allylic oxidation sites excluding steroid dienone is 5. The van der Waals surface area contributed by atoms with Crippen molar-refractivity contribution >= 4 is 11.8 Å². The van der Waals surface area contributed by atoms with Crippen LogP contribution in [0.25, 0.3) is 0 Å². The molecule has 34 heavy (non-hydrogen) atoms. The number of hydrogen-bond acceptors (Lipinski definition) is 3. The number of rotatable bonds is 10. The molecule has 2 aliphatic rings. The van der Waals surface area contributed by atoms with Gasteiger partial charge in [-0.25, -0.2) is 4.79 Å². The molecular weight excluding hydrogens is 424 g/mol. The van der Waals surface area contributed by atoms with Gasteiger partial charge in [-0.1, -0.05) is 70.4 Å². The van der Waals surface area contributed by atoms with E-state index in [-0.39, 0.29) is 16.7 Å². The molecule has 0 aromatic heterocycles. The lowest BCUT2D eigenvalue weighted by atomic mass is 9.45. The summed E-state index contributed by atoms with van der Waals surface area (Å²) >= 11 is 0. The largest absolute Gasteiger partial charge is 0.478 e. The Morgan fingerprint density at radius 2 is 1.82 bits per heavy atom. The molecule has 5 atom stereocenters. The van der Waals surface area contributed by atoms with E-state index in [0.29, 0.717) is 29.6 Å². The van der Waals surface area contributed by atoms with Crippen LogP contribution in [0.3, 0.4) is 0 Å². The molecule has 2 saturated carbocycles. The Kier molecular flexibility index (Phi) is 9.55. The Morgan fingerprint density at radius 3 is 2.47 bits per heavy atom. The van der Waals surface area contributed by atoms with Crippen molar-refractivity contribution in [1.82, 2.24) is 0 Å². The minimum atomic E-state index is -0.889. The highest BCUT2D eigenvalue weighted by molar-refractivity contribution is 5.86. The van der Waals surface area contributed by atoms with Crippen molar-refractivity contribution in [3.05, 3.63) is 35.5 Å². The maximum atomic E-state index is 12.6. The molecule has 0 saturated heterocycles. The van der Waals surface area contributed by atoms with Gasteiger partial charge in [0.2, 0.25) is 0 Å². The first kappa shape index (κ1) is 28.6. The highest BCUT2D eigenvalue weighted by atomic mass is 16.4. The van der Waals surface area contributed by atoms with Crippen LogP contribution in [0.1, 0.15) is 106 Å². The fourth-order valence-electron chi connectivity index (χ4n) is 6.86. The Labute approximate surface area is 207 Å². The van der Waals surface area contributed by atoms with Crippen molar-refractivity contribution in [2.24, 2.45) is 28.6 Å². The lowest BCUT2D eigenvalue weighted by molar-refractivity contribution is -0.178. The van der Waals surface area contributed by atoms with Gasteiger partial charge in [-0.05, 0) is 82.5 Å². The molecule has 2 rings (SSSR count). The van der Waals surface area contributed by atoms with E-state index in [4.69, 9.17) is 5.11 Å². The molecule has 2 aliphatic carbocycles. The second-order valence-corrected chi connectivity index (χ2v) is 12.2. The summed E-state index contributed by atoms with van der Waals surface area (Å²) in [7, 11) is 0. The van der Waals surface area contributed by atoms with E-state index in [2.05, 4.69) is 33.8 Å². The van der Waals surface area contributed by atoms with Crippen molar-refractivity contribution in [3.63, 3.8) is 0 Å². The van der Waals surface area contributed by atoms with E-state index in [1.165, 1.54) is 0 Å². The molecule has 0 aromatic carbocycles. The van der Waals surface area contributed by atoms with Crippen molar-refractivity contribution in [2.45, 2.75) is 112 Å². The SMILES string of the molecule is CC(C=CC=C(C)C(=O)O)=CCCC(C)CCCC1C(C)(O)CCC2C(C)(C)C(=O)CCC12C. The number of fused-ring (bicyclic) bond motifs is 1. The third kappa shape index (κ3) is 6.71. The number of aliphatic hydroxyl groups is 1. The van der Waals surface area contributed by atoms with Gasteiger partial charge in [-0.15, -0.1) is 0 Å². The second kappa shape index (κ2) is 11.4. The van der Waals surface area contributed by atoms with Gasteiger partial charge in [0.05, 0.1) is 5.60 Å². The van der Waals surface area contributed by atoms with Gasteiger partial charge in [0.1, 0.15) is 5.78 Å². The molecule has 0 amide bonds. The Bertz CT molecular complexity index is 829. The van der Waals surface area contributed by atoms with E-state index >= 15 is 0 Å². The van der Waals surface area contributed by atoms with Crippen LogP contribution >= 0.6 is 0 Å². The molecule has 2 N–H and O–H groups in total. The zero-order valence-corrected chi connectivity index (χ0v) is 22.6. The van der Waals surface area contributed by atoms with Gasteiger partial charge in [0.15, 0.2) is 0 Å². The number of aliphatic carboxylic acids is 1. The number of carboxylic acids is 1. The van der Waals surface area contributed by atoms with Gasteiger partial charge in [0, 0.05) is 17.4 Å². The molecular formula is C30H48O4. The molecule has 0 radical (unpaired) electrons. The quantitative estimate of drug-likeness (QED) is 0.259. The highest BCUT2D eigenvalue weighted by Crippen LogP contribution is 2.62. The van der Waals surface area contributed by atoms with Crippen molar-refractivity contribution in [2.75, 3.05) is 0 Å². The lowest BCUT2D eigenvalue weighted by Gasteiger charge is -2.60. The molecule has 0 aromatic rings. The van der Waals surface area contributed by atoms with E-state index in [0.717, 1.165) is 56.9 Å². The third-order valence-corrected chi connectivity index (χ3v) is 9.12. The summed E-state index contributed by atoms with van der Waals surface area (Å²) in [5.74, 6) is 0.728. The highest BCUT2D eigenvalue weighted by Gasteiger charge is 2.59. The topological polar surface area (TPSA) is 74.6 Å². The maximum absolute atomic E-state index is 12.6. The summed E-state index contributed by atoms with van der Waals surface area (Å²) in [6.45, 7) is 14.6. The Balaban J connectivity index is 1.88. The molecule has 4 nitrogen and oxygen atoms in total. The number of ketones is 1. The fraction of sp³-hybridized carbons (Fsp3) is 0.733. The first-order chi connectivity index (χ1) is 15.7. The summed E-state index contributed by atoms with van der Waals surface area (Å²) in [5.41, 5.74) is 0.578. The summed E-state index contributed by atoms with van der Waals surface area (Å²) in [4.78, 5) is 23.5. The summed E-state index contributed by atoms with van der Waals surface area (Å²) in [6, 6.07) is 0. The van der Waals surface area contributed by atoms with Gasteiger partial charge >= 0.3 is 5.97 Å². The number of Topliss-reactive ketones (excluding diaryl/α,β-unsaturated/α-hetero) is 1.